The number of halogens is 1. The molecule has 0 aliphatic heterocycles. The van der Waals surface area contributed by atoms with E-state index in [1.807, 2.05) is 6.07 Å². The van der Waals surface area contributed by atoms with Crippen LogP contribution in [0.2, 0.25) is 5.02 Å². The van der Waals surface area contributed by atoms with Crippen molar-refractivity contribution in [1.82, 2.24) is 9.97 Å². The summed E-state index contributed by atoms with van der Waals surface area (Å²) in [6.45, 7) is 0. The Morgan fingerprint density at radius 3 is 2.71 bits per heavy atom. The number of aromatic nitrogens is 2. The lowest BCUT2D eigenvalue weighted by Gasteiger charge is -2.11. The summed E-state index contributed by atoms with van der Waals surface area (Å²) in [5.41, 5.74) is 1.06. The molecule has 7 nitrogen and oxygen atoms in total. The van der Waals surface area contributed by atoms with E-state index in [0.717, 1.165) is 0 Å². The molecule has 0 aliphatic carbocycles. The molecule has 0 radical (unpaired) electrons. The highest BCUT2D eigenvalue weighted by molar-refractivity contribution is 7.87. The molecule has 0 saturated carbocycles. The smallest absolute Gasteiger partial charge is 0.340 e. The van der Waals surface area contributed by atoms with Gasteiger partial charge in [0.25, 0.3) is 0 Å². The van der Waals surface area contributed by atoms with Crippen LogP contribution in [0.5, 0.6) is 5.75 Å². The van der Waals surface area contributed by atoms with Crippen LogP contribution in [0.25, 0.3) is 22.7 Å². The van der Waals surface area contributed by atoms with E-state index < -0.39 is 10.1 Å². The zero-order valence-electron chi connectivity index (χ0n) is 14.0. The van der Waals surface area contributed by atoms with Gasteiger partial charge in [0.2, 0.25) is 5.89 Å². The summed E-state index contributed by atoms with van der Waals surface area (Å²) in [5, 5.41) is 9.44. The number of oxazole rings is 1. The highest BCUT2D eigenvalue weighted by atomic mass is 35.5. The first kappa shape index (κ1) is 18.0. The predicted molar refractivity (Wildman–Crippen MR) is 101 cm³/mol. The summed E-state index contributed by atoms with van der Waals surface area (Å²) < 4.78 is 36.5. The molecule has 28 heavy (non-hydrogen) atoms. The van der Waals surface area contributed by atoms with Gasteiger partial charge >= 0.3 is 10.1 Å². The third-order valence-corrected chi connectivity index (χ3v) is 5.34. The molecule has 2 heterocycles. The standard InChI is InChI=1S/C19H10ClN3O4S/c20-13-7-8-14(19-23-18-15(26-19)5-3-9-22-18)16(10-13)27-28(24,25)17-6-2-1-4-12(17)11-21/h1-10H. The van der Waals surface area contributed by atoms with E-state index in [2.05, 4.69) is 9.97 Å². The van der Waals surface area contributed by atoms with E-state index in [4.69, 9.17) is 20.2 Å². The number of hydrogen-bond donors (Lipinski definition) is 0. The molecule has 0 aliphatic rings. The summed E-state index contributed by atoms with van der Waals surface area (Å²) in [4.78, 5) is 8.11. The van der Waals surface area contributed by atoms with Crippen molar-refractivity contribution in [2.45, 2.75) is 4.90 Å². The van der Waals surface area contributed by atoms with Crippen LogP contribution < -0.4 is 4.18 Å². The zero-order valence-corrected chi connectivity index (χ0v) is 15.6. The van der Waals surface area contributed by atoms with E-state index in [0.29, 0.717) is 11.2 Å². The quantitative estimate of drug-likeness (QED) is 0.463. The third-order valence-electron chi connectivity index (χ3n) is 3.82. The summed E-state index contributed by atoms with van der Waals surface area (Å²) in [6.07, 6.45) is 1.57. The number of pyridine rings is 1. The molecule has 2 aromatic heterocycles. The lowest BCUT2D eigenvalue weighted by Crippen LogP contribution is -2.12. The van der Waals surface area contributed by atoms with Gasteiger partial charge in [-0.25, -0.2) is 4.98 Å². The fraction of sp³-hybridized carbons (Fsp3) is 0. The second-order valence-electron chi connectivity index (χ2n) is 5.63. The molecule has 0 N–H and O–H groups in total. The molecular weight excluding hydrogens is 402 g/mol. The Morgan fingerprint density at radius 2 is 1.93 bits per heavy atom. The molecule has 0 bridgehead atoms. The van der Waals surface area contributed by atoms with Crippen LogP contribution in [0.15, 0.2) is 70.1 Å². The molecule has 0 spiro atoms. The Labute approximate surface area is 164 Å². The van der Waals surface area contributed by atoms with Gasteiger partial charge in [-0.3, -0.25) is 0 Å². The molecule has 4 rings (SSSR count). The Balaban J connectivity index is 1.82. The minimum atomic E-state index is -4.30. The molecule has 0 amide bonds. The maximum Gasteiger partial charge on any atom is 0.340 e. The Hall–Kier alpha value is -3.41. The summed E-state index contributed by atoms with van der Waals surface area (Å²) >= 11 is 6.03. The molecule has 0 unspecified atom stereocenters. The highest BCUT2D eigenvalue weighted by Crippen LogP contribution is 2.35. The van der Waals surface area contributed by atoms with Crippen LogP contribution in [-0.2, 0) is 10.1 Å². The average molecular weight is 412 g/mol. The molecule has 4 aromatic rings. The monoisotopic (exact) mass is 411 g/mol. The van der Waals surface area contributed by atoms with Crippen molar-refractivity contribution in [1.29, 1.82) is 5.26 Å². The highest BCUT2D eigenvalue weighted by Gasteiger charge is 2.24. The number of rotatable bonds is 4. The molecule has 0 saturated heterocycles. The second-order valence-corrected chi connectivity index (χ2v) is 7.58. The topological polar surface area (TPSA) is 106 Å². The number of nitrogens with zero attached hydrogens (tertiary/aromatic N) is 3. The van der Waals surface area contributed by atoms with Gasteiger partial charge in [0.05, 0.1) is 11.1 Å². The Kier molecular flexibility index (Phi) is 4.47. The van der Waals surface area contributed by atoms with Gasteiger partial charge in [0, 0.05) is 17.3 Å². The van der Waals surface area contributed by atoms with Gasteiger partial charge in [-0.1, -0.05) is 23.7 Å². The van der Waals surface area contributed by atoms with Crippen LogP contribution >= 0.6 is 11.6 Å². The van der Waals surface area contributed by atoms with Gasteiger partial charge in [0.1, 0.15) is 11.0 Å². The largest absolute Gasteiger partial charge is 0.434 e. The fourth-order valence-corrected chi connectivity index (χ4v) is 3.82. The third kappa shape index (κ3) is 3.29. The first-order valence-corrected chi connectivity index (χ1v) is 9.72. The van der Waals surface area contributed by atoms with Crippen molar-refractivity contribution >= 4 is 32.9 Å². The van der Waals surface area contributed by atoms with E-state index in [1.165, 1.54) is 30.3 Å². The minimum absolute atomic E-state index is 0.0304. The lowest BCUT2D eigenvalue weighted by molar-refractivity contribution is 0.485. The molecule has 2 aromatic carbocycles. The van der Waals surface area contributed by atoms with Gasteiger partial charge < -0.3 is 8.60 Å². The van der Waals surface area contributed by atoms with Gasteiger partial charge in [0.15, 0.2) is 17.0 Å². The fourth-order valence-electron chi connectivity index (χ4n) is 2.57. The van der Waals surface area contributed by atoms with Crippen LogP contribution in [0.1, 0.15) is 5.56 Å². The number of hydrogen-bond acceptors (Lipinski definition) is 7. The van der Waals surface area contributed by atoms with E-state index in [9.17, 15) is 13.7 Å². The van der Waals surface area contributed by atoms with Crippen molar-refractivity contribution in [3.05, 3.63) is 71.4 Å². The SMILES string of the molecule is N#Cc1ccccc1S(=O)(=O)Oc1cc(Cl)ccc1-c1nc2ncccc2o1. The van der Waals surface area contributed by atoms with Crippen molar-refractivity contribution in [2.75, 3.05) is 0 Å². The van der Waals surface area contributed by atoms with Gasteiger partial charge in [-0.2, -0.15) is 18.7 Å². The minimum Gasteiger partial charge on any atom is -0.434 e. The zero-order chi connectivity index (χ0) is 19.7. The average Bonchev–Trinajstić information content (AvgIpc) is 3.11. The maximum absolute atomic E-state index is 12.8. The van der Waals surface area contributed by atoms with Crippen LogP contribution in [0.4, 0.5) is 0 Å². The van der Waals surface area contributed by atoms with Crippen molar-refractivity contribution in [3.8, 4) is 23.3 Å². The van der Waals surface area contributed by atoms with E-state index >= 15 is 0 Å². The predicted octanol–water partition coefficient (Wildman–Crippen LogP) is 4.18. The van der Waals surface area contributed by atoms with Crippen LogP contribution in [0, 0.1) is 11.3 Å². The van der Waals surface area contributed by atoms with Gasteiger partial charge in [-0.05, 0) is 36.4 Å². The van der Waals surface area contributed by atoms with Gasteiger partial charge in [-0.15, -0.1) is 0 Å². The number of benzene rings is 2. The number of nitriles is 1. The van der Waals surface area contributed by atoms with E-state index in [-0.39, 0.29) is 32.7 Å². The Morgan fingerprint density at radius 1 is 1.11 bits per heavy atom. The summed E-state index contributed by atoms with van der Waals surface area (Å²) in [5.74, 6) is 0.0518. The summed E-state index contributed by atoms with van der Waals surface area (Å²) in [6, 6.07) is 15.4. The van der Waals surface area contributed by atoms with Crippen LogP contribution in [0.3, 0.4) is 0 Å². The van der Waals surface area contributed by atoms with Crippen molar-refractivity contribution in [2.24, 2.45) is 0 Å². The molecule has 0 fully saturated rings. The molecular formula is C19H10ClN3O4S. The normalized spacial score (nSPS) is 11.3. The van der Waals surface area contributed by atoms with E-state index in [1.54, 1.807) is 30.5 Å². The number of fused-ring (bicyclic) bond motifs is 1. The first-order chi connectivity index (χ1) is 13.5. The van der Waals surface area contributed by atoms with Crippen molar-refractivity contribution < 1.29 is 17.0 Å². The molecule has 138 valence electrons. The second kappa shape index (κ2) is 6.96. The summed E-state index contributed by atoms with van der Waals surface area (Å²) in [7, 11) is -4.30. The first-order valence-electron chi connectivity index (χ1n) is 7.93. The Bertz CT molecular complexity index is 1310. The molecule has 9 heteroatoms. The van der Waals surface area contributed by atoms with Crippen molar-refractivity contribution in [3.63, 3.8) is 0 Å². The maximum atomic E-state index is 12.8. The lowest BCUT2D eigenvalue weighted by atomic mass is 10.2. The molecule has 0 atom stereocenters. The van der Waals surface area contributed by atoms with Crippen LogP contribution in [-0.4, -0.2) is 18.4 Å².